The first-order valence-electron chi connectivity index (χ1n) is 12.0. The molecule has 0 aromatic carbocycles. The summed E-state index contributed by atoms with van der Waals surface area (Å²) in [4.78, 5) is 20.5. The fourth-order valence-electron chi connectivity index (χ4n) is 3.61. The van der Waals surface area contributed by atoms with Gasteiger partial charge in [-0.2, -0.15) is 31.4 Å². The van der Waals surface area contributed by atoms with Crippen molar-refractivity contribution in [2.45, 2.75) is 38.4 Å². The number of ether oxygens (including phenoxy) is 1. The van der Waals surface area contributed by atoms with Gasteiger partial charge in [-0.15, -0.1) is 0 Å². The molecule has 0 spiro atoms. The molecule has 4 aromatic rings. The Labute approximate surface area is 232 Å². The largest absolute Gasteiger partial charge is 0.485 e. The number of halogens is 9. The van der Waals surface area contributed by atoms with Crippen LogP contribution in [-0.2, 0) is 12.2 Å². The highest BCUT2D eigenvalue weighted by molar-refractivity contribution is 6.31. The molecule has 0 radical (unpaired) electrons. The van der Waals surface area contributed by atoms with Crippen molar-refractivity contribution in [3.63, 3.8) is 0 Å². The Hall–Kier alpha value is -4.05. The summed E-state index contributed by atoms with van der Waals surface area (Å²) >= 11 is 6.15. The SMILES string of the molecule is [2H]C([2H])(Oc1cc(C)n(-c2cc(-n3ccc(C(O)(C(F)(F)F)C(F)(F)F)n3)ncc2C)c(=O)c1Cl)c1ncc(F)cc1F. The molecule has 0 aliphatic carbocycles. The van der Waals surface area contributed by atoms with Gasteiger partial charge in [0, 0.05) is 36.3 Å². The van der Waals surface area contributed by atoms with Gasteiger partial charge >= 0.3 is 18.0 Å². The van der Waals surface area contributed by atoms with Gasteiger partial charge in [-0.1, -0.05) is 11.6 Å². The second-order valence-electron chi connectivity index (χ2n) is 8.47. The molecule has 0 fully saturated rings. The quantitative estimate of drug-likeness (QED) is 0.299. The molecule has 1 N–H and O–H groups in total. The van der Waals surface area contributed by atoms with Crippen molar-refractivity contribution in [3.05, 3.63) is 92.5 Å². The molecular weight excluding hydrogens is 594 g/mol. The van der Waals surface area contributed by atoms with Crippen LogP contribution in [0.2, 0.25) is 5.02 Å². The molecule has 41 heavy (non-hydrogen) atoms. The first kappa shape index (κ1) is 27.1. The van der Waals surface area contributed by atoms with Crippen LogP contribution in [0, 0.1) is 25.5 Å². The van der Waals surface area contributed by atoms with Crippen LogP contribution in [0.25, 0.3) is 11.5 Å². The molecule has 8 nitrogen and oxygen atoms in total. The first-order chi connectivity index (χ1) is 19.7. The predicted molar refractivity (Wildman–Crippen MR) is 126 cm³/mol. The van der Waals surface area contributed by atoms with E-state index >= 15 is 0 Å². The van der Waals surface area contributed by atoms with Gasteiger partial charge < -0.3 is 9.84 Å². The zero-order chi connectivity index (χ0) is 32.3. The summed E-state index contributed by atoms with van der Waals surface area (Å²) in [6, 6.07) is 2.83. The Morgan fingerprint density at radius 2 is 1.71 bits per heavy atom. The third-order valence-electron chi connectivity index (χ3n) is 5.68. The highest BCUT2D eigenvalue weighted by Gasteiger charge is 2.72. The molecule has 17 heteroatoms. The molecule has 0 bridgehead atoms. The highest BCUT2D eigenvalue weighted by Crippen LogP contribution is 2.49. The van der Waals surface area contributed by atoms with E-state index in [9.17, 15) is 45.0 Å². The molecule has 4 aromatic heterocycles. The minimum absolute atomic E-state index is 0.0193. The molecule has 218 valence electrons. The van der Waals surface area contributed by atoms with Crippen molar-refractivity contribution in [1.82, 2.24) is 24.3 Å². The van der Waals surface area contributed by atoms with Crippen LogP contribution >= 0.6 is 11.6 Å². The van der Waals surface area contributed by atoms with E-state index in [1.165, 1.54) is 13.8 Å². The number of aliphatic hydroxyl groups is 1. The van der Waals surface area contributed by atoms with Crippen molar-refractivity contribution >= 4 is 11.6 Å². The molecule has 0 saturated heterocycles. The number of alkyl halides is 6. The molecular formula is C24H16ClF8N5O3. The minimum atomic E-state index is -6.17. The molecule has 0 aliphatic heterocycles. The van der Waals surface area contributed by atoms with Crippen LogP contribution in [0.15, 0.2) is 47.7 Å². The normalized spacial score (nSPS) is 13.7. The fraction of sp³-hybridized carbons (Fsp3) is 0.250. The second-order valence-corrected chi connectivity index (χ2v) is 8.85. The Morgan fingerprint density at radius 3 is 2.32 bits per heavy atom. The van der Waals surface area contributed by atoms with Crippen molar-refractivity contribution in [2.24, 2.45) is 0 Å². The molecule has 0 aliphatic rings. The van der Waals surface area contributed by atoms with Crippen LogP contribution in [0.3, 0.4) is 0 Å². The van der Waals surface area contributed by atoms with E-state index in [-0.39, 0.29) is 22.8 Å². The number of hydrogen-bond acceptors (Lipinski definition) is 6. The van der Waals surface area contributed by atoms with Crippen molar-refractivity contribution < 1.29 is 47.7 Å². The van der Waals surface area contributed by atoms with E-state index in [4.69, 9.17) is 19.1 Å². The highest BCUT2D eigenvalue weighted by atomic mass is 35.5. The minimum Gasteiger partial charge on any atom is -0.485 e. The van der Waals surface area contributed by atoms with Gasteiger partial charge in [0.1, 0.15) is 34.5 Å². The second kappa shape index (κ2) is 10.4. The van der Waals surface area contributed by atoms with Gasteiger partial charge in [0.2, 0.25) is 0 Å². The standard InChI is InChI=1S/C24H16ClF8N5O3/c1-11-8-35-19(37-4-3-18(36-37)22(40,23(28,29)30)24(31,32)33)7-16(11)38-12(2)5-17(20(25)21(38)39)41-10-15-14(27)6-13(26)9-34-15/h3-9,40H,10H2,1-2H3/i10D2. The van der Waals surface area contributed by atoms with E-state index in [0.29, 0.717) is 29.2 Å². The first-order valence-corrected chi connectivity index (χ1v) is 11.4. The smallest absolute Gasteiger partial charge is 0.432 e. The zero-order valence-electron chi connectivity index (χ0n) is 22.4. The van der Waals surface area contributed by atoms with Crippen molar-refractivity contribution in [3.8, 4) is 17.3 Å². The summed E-state index contributed by atoms with van der Waals surface area (Å²) in [5.41, 5.74) is -8.76. The summed E-state index contributed by atoms with van der Waals surface area (Å²) in [5.74, 6) is -3.38. The maximum atomic E-state index is 14.1. The fourth-order valence-corrected chi connectivity index (χ4v) is 3.79. The maximum Gasteiger partial charge on any atom is 0.432 e. The van der Waals surface area contributed by atoms with Crippen LogP contribution in [-0.4, -0.2) is 41.8 Å². The lowest BCUT2D eigenvalue weighted by molar-refractivity contribution is -0.377. The van der Waals surface area contributed by atoms with E-state index in [1.54, 1.807) is 0 Å². The molecule has 0 atom stereocenters. The molecule has 0 saturated carbocycles. The van der Waals surface area contributed by atoms with E-state index in [0.717, 1.165) is 22.9 Å². The monoisotopic (exact) mass is 611 g/mol. The number of nitrogens with zero attached hydrogens (tertiary/aromatic N) is 5. The Morgan fingerprint density at radius 1 is 1.05 bits per heavy atom. The lowest BCUT2D eigenvalue weighted by Crippen LogP contribution is -2.54. The van der Waals surface area contributed by atoms with Crippen LogP contribution < -0.4 is 10.3 Å². The van der Waals surface area contributed by atoms with Crippen LogP contribution in [0.5, 0.6) is 5.75 Å². The van der Waals surface area contributed by atoms with Crippen LogP contribution in [0.4, 0.5) is 35.1 Å². The topological polar surface area (TPSA) is 95.1 Å². The van der Waals surface area contributed by atoms with Gasteiger partial charge in [0.05, 0.1) is 14.6 Å². The summed E-state index contributed by atoms with van der Waals surface area (Å²) < 4.78 is 130. The Kier molecular flexibility index (Phi) is 6.89. The van der Waals surface area contributed by atoms with Crippen molar-refractivity contribution in [2.75, 3.05) is 0 Å². The molecule has 0 amide bonds. The Bertz CT molecular complexity index is 1760. The van der Waals surface area contributed by atoms with Gasteiger partial charge in [-0.3, -0.25) is 14.3 Å². The molecule has 4 rings (SSSR count). The average molecular weight is 612 g/mol. The lowest BCUT2D eigenvalue weighted by Gasteiger charge is -2.30. The molecule has 4 heterocycles. The predicted octanol–water partition coefficient (Wildman–Crippen LogP) is 5.25. The third-order valence-corrected chi connectivity index (χ3v) is 6.03. The molecule has 0 unspecified atom stereocenters. The van der Waals surface area contributed by atoms with Crippen LogP contribution in [0.1, 0.15) is 25.4 Å². The summed E-state index contributed by atoms with van der Waals surface area (Å²) in [6.45, 7) is -0.230. The number of aryl methyl sites for hydroxylation is 2. The lowest BCUT2D eigenvalue weighted by atomic mass is 9.98. The van der Waals surface area contributed by atoms with E-state index in [1.807, 2.05) is 0 Å². The number of aromatic nitrogens is 5. The summed E-state index contributed by atoms with van der Waals surface area (Å²) in [7, 11) is 0. The number of pyridine rings is 3. The van der Waals surface area contributed by atoms with Gasteiger partial charge in [-0.05, 0) is 25.5 Å². The summed E-state index contributed by atoms with van der Waals surface area (Å²) in [6.07, 6.45) is -9.99. The van der Waals surface area contributed by atoms with E-state index < -0.39 is 63.9 Å². The average Bonchev–Trinajstić information content (AvgIpc) is 3.36. The van der Waals surface area contributed by atoms with Crippen molar-refractivity contribution in [1.29, 1.82) is 0 Å². The zero-order valence-corrected chi connectivity index (χ0v) is 21.2. The number of hydrogen-bond donors (Lipinski definition) is 1. The number of rotatable bonds is 6. The summed E-state index contributed by atoms with van der Waals surface area (Å²) in [5, 5.41) is 12.1. The maximum absolute atomic E-state index is 14.1. The van der Waals surface area contributed by atoms with Gasteiger partial charge in [0.15, 0.2) is 11.6 Å². The van der Waals surface area contributed by atoms with Gasteiger partial charge in [-0.25, -0.2) is 18.4 Å². The van der Waals surface area contributed by atoms with E-state index in [2.05, 4.69) is 15.1 Å². The third kappa shape index (κ3) is 5.36. The Balaban J connectivity index is 1.77. The van der Waals surface area contributed by atoms with Gasteiger partial charge in [0.25, 0.3) is 5.56 Å².